The molecule has 3 nitrogen and oxygen atoms in total. The van der Waals surface area contributed by atoms with Crippen molar-refractivity contribution in [3.63, 3.8) is 0 Å². The van der Waals surface area contributed by atoms with Crippen LogP contribution in [0, 0.1) is 0 Å². The largest absolute Gasteiger partial charge is 0.339 e. The average molecular weight is 524 g/mol. The minimum absolute atomic E-state index is 0.662. The van der Waals surface area contributed by atoms with Crippen molar-refractivity contribution in [3.8, 4) is 0 Å². The van der Waals surface area contributed by atoms with Crippen molar-refractivity contribution in [1.82, 2.24) is 4.57 Å². The van der Waals surface area contributed by atoms with E-state index in [9.17, 15) is 4.79 Å². The zero-order valence-electron chi connectivity index (χ0n) is 21.4. The fourth-order valence-electron chi connectivity index (χ4n) is 5.17. The van der Waals surface area contributed by atoms with Gasteiger partial charge in [-0.15, -0.1) is 0 Å². The summed E-state index contributed by atoms with van der Waals surface area (Å²) in [5.74, 6) is 3.30. The third kappa shape index (κ3) is 4.69. The molecule has 0 spiro atoms. The fraction of sp³-hybridized carbons (Fsp3) is 0. The molecule has 1 heterocycles. The Kier molecular flexibility index (Phi) is 6.91. The van der Waals surface area contributed by atoms with Gasteiger partial charge in [-0.1, -0.05) is 91.0 Å². The van der Waals surface area contributed by atoms with Gasteiger partial charge in [0, 0.05) is 22.8 Å². The number of nitrogens with one attached hydrogen (secondary N) is 1. The lowest BCUT2D eigenvalue weighted by Crippen LogP contribution is -2.30. The number of aldehydes is 1. The highest BCUT2D eigenvalue weighted by atomic mass is 31.2. The number of anilines is 1. The number of carbonyl (C=O) groups is 1. The summed E-state index contributed by atoms with van der Waals surface area (Å²) in [5, 5.41) is 8.41. The van der Waals surface area contributed by atoms with Gasteiger partial charge in [0.2, 0.25) is 0 Å². The Morgan fingerprint density at radius 1 is 0.590 bits per heavy atom. The topological polar surface area (TPSA) is 34.0 Å². The highest BCUT2D eigenvalue weighted by molar-refractivity contribution is 7.98. The number of rotatable bonds is 8. The van der Waals surface area contributed by atoms with Gasteiger partial charge in [-0.25, -0.2) is 0 Å². The number of carbonyl (C=O) groups excluding carboxylic acids is 1. The smallest absolute Gasteiger partial charge is 0.152 e. The van der Waals surface area contributed by atoms with Crippen LogP contribution in [-0.4, -0.2) is 10.9 Å². The molecule has 0 radical (unpaired) electrons. The Balaban J connectivity index is 1.72. The second kappa shape index (κ2) is 10.9. The molecule has 1 N–H and O–H groups in total. The first-order chi connectivity index (χ1) is 19.3. The van der Waals surface area contributed by atoms with Crippen LogP contribution in [0.15, 0.2) is 158 Å². The van der Waals surface area contributed by atoms with E-state index >= 15 is 0 Å². The van der Waals surface area contributed by atoms with Crippen molar-refractivity contribution in [2.24, 2.45) is 0 Å². The molecule has 0 bridgehead atoms. The fourth-order valence-corrected chi connectivity index (χ4v) is 8.99. The van der Waals surface area contributed by atoms with Gasteiger partial charge < -0.3 is 5.32 Å². The van der Waals surface area contributed by atoms with E-state index in [0.29, 0.717) is 5.56 Å². The first-order valence-electron chi connectivity index (χ1n) is 13.0. The second-order valence-electron chi connectivity index (χ2n) is 9.32. The van der Waals surface area contributed by atoms with Crippen molar-refractivity contribution < 1.29 is 4.79 Å². The van der Waals surface area contributed by atoms with Crippen molar-refractivity contribution in [2.75, 3.05) is 5.32 Å². The van der Waals surface area contributed by atoms with Gasteiger partial charge in [-0.2, -0.15) is 0 Å². The lowest BCUT2D eigenvalue weighted by atomic mass is 10.2. The summed E-state index contributed by atoms with van der Waals surface area (Å²) in [6.07, 6.45) is 2.88. The third-order valence-corrected chi connectivity index (χ3v) is 11.0. The van der Waals surface area contributed by atoms with Crippen LogP contribution in [0.25, 0.3) is 16.7 Å². The highest BCUT2D eigenvalue weighted by Crippen LogP contribution is 2.58. The van der Waals surface area contributed by atoms with Gasteiger partial charge >= 0.3 is 0 Å². The molecule has 0 amide bonds. The number of nitrogens with zero attached hydrogens (tertiary/aromatic N) is 1. The Bertz CT molecular complexity index is 1630. The van der Waals surface area contributed by atoms with E-state index in [1.165, 1.54) is 15.9 Å². The van der Waals surface area contributed by atoms with Crippen LogP contribution in [0.3, 0.4) is 0 Å². The summed E-state index contributed by atoms with van der Waals surface area (Å²) in [6, 6.07) is 50.5. The zero-order chi connectivity index (χ0) is 26.5. The maximum absolute atomic E-state index is 12.1. The summed E-state index contributed by atoms with van der Waals surface area (Å²) in [5.41, 5.74) is 2.61. The molecule has 4 heteroatoms. The molecule has 6 rings (SSSR count). The molecule has 188 valence electrons. The van der Waals surface area contributed by atoms with Crippen LogP contribution in [0.2, 0.25) is 0 Å². The van der Waals surface area contributed by atoms with E-state index < -0.39 is 7.26 Å². The molecule has 5 aromatic carbocycles. The number of hydrogen-bond donors (Lipinski definition) is 1. The SMILES string of the molecule is O=Cc1cn(/C(=C/[P+](c2ccccc2)(c2ccccc2)c2ccccc2)Nc2ccccc2)c2ccccc12. The van der Waals surface area contributed by atoms with E-state index in [4.69, 9.17) is 0 Å². The van der Waals surface area contributed by atoms with Crippen LogP contribution >= 0.6 is 7.26 Å². The van der Waals surface area contributed by atoms with E-state index in [1.54, 1.807) is 0 Å². The predicted octanol–water partition coefficient (Wildman–Crippen LogP) is 7.32. The average Bonchev–Trinajstić information content (AvgIpc) is 3.40. The molecule has 39 heavy (non-hydrogen) atoms. The van der Waals surface area contributed by atoms with Crippen molar-refractivity contribution in [2.45, 2.75) is 0 Å². The Hall–Kier alpha value is -4.72. The molecule has 0 aliphatic heterocycles. The number of hydrogen-bond acceptors (Lipinski definition) is 2. The third-order valence-electron chi connectivity index (χ3n) is 6.98. The number of aromatic nitrogens is 1. The van der Waals surface area contributed by atoms with Crippen LogP contribution in [0.4, 0.5) is 5.69 Å². The number of fused-ring (bicyclic) bond motifs is 1. The number of para-hydroxylation sites is 2. The first-order valence-corrected chi connectivity index (χ1v) is 14.8. The molecule has 0 unspecified atom stereocenters. The maximum Gasteiger partial charge on any atom is 0.152 e. The van der Waals surface area contributed by atoms with Gasteiger partial charge in [-0.05, 0) is 54.6 Å². The molecule has 0 aliphatic carbocycles. The lowest BCUT2D eigenvalue weighted by Gasteiger charge is -2.26. The summed E-state index contributed by atoms with van der Waals surface area (Å²) in [7, 11) is -2.32. The van der Waals surface area contributed by atoms with Crippen molar-refractivity contribution >= 4 is 51.9 Å². The van der Waals surface area contributed by atoms with E-state index in [1.807, 2.05) is 42.6 Å². The van der Waals surface area contributed by atoms with Gasteiger partial charge in [0.25, 0.3) is 0 Å². The highest BCUT2D eigenvalue weighted by Gasteiger charge is 2.44. The number of benzene rings is 5. The standard InChI is InChI=1S/C35H28N2OP/c38-26-28-25-37(34-24-14-13-23-33(28)34)35(36-29-15-5-1-6-16-29)27-39(30-17-7-2-8-18-30,31-19-9-3-10-20-31)32-21-11-4-12-22-32/h1-27,36H/q+1/b35-27+. The quantitative estimate of drug-likeness (QED) is 0.168. The van der Waals surface area contributed by atoms with E-state index in [0.717, 1.165) is 28.7 Å². The van der Waals surface area contributed by atoms with Gasteiger partial charge in [0.1, 0.15) is 29.0 Å². The van der Waals surface area contributed by atoms with Gasteiger partial charge in [0.15, 0.2) is 12.1 Å². The molecule has 1 aromatic heterocycles. The van der Waals surface area contributed by atoms with Crippen molar-refractivity contribution in [3.05, 3.63) is 163 Å². The molecule has 0 aliphatic rings. The summed E-state index contributed by atoms with van der Waals surface area (Å²) in [6.45, 7) is 0. The van der Waals surface area contributed by atoms with E-state index in [-0.39, 0.29) is 0 Å². The summed E-state index contributed by atoms with van der Waals surface area (Å²) < 4.78 is 2.12. The monoisotopic (exact) mass is 523 g/mol. The molecule has 6 aromatic rings. The van der Waals surface area contributed by atoms with Crippen LogP contribution in [-0.2, 0) is 0 Å². The van der Waals surface area contributed by atoms with Crippen LogP contribution in [0.5, 0.6) is 0 Å². The Morgan fingerprint density at radius 2 is 1.05 bits per heavy atom. The second-order valence-corrected chi connectivity index (χ2v) is 12.6. The zero-order valence-corrected chi connectivity index (χ0v) is 22.3. The minimum Gasteiger partial charge on any atom is -0.339 e. The molecule has 0 saturated heterocycles. The summed E-state index contributed by atoms with van der Waals surface area (Å²) in [4.78, 5) is 12.1. The van der Waals surface area contributed by atoms with E-state index in [2.05, 4.69) is 125 Å². The summed E-state index contributed by atoms with van der Waals surface area (Å²) >= 11 is 0. The first kappa shape index (κ1) is 24.6. The molecule has 0 atom stereocenters. The minimum atomic E-state index is -2.32. The Morgan fingerprint density at radius 3 is 1.56 bits per heavy atom. The van der Waals surface area contributed by atoms with Gasteiger partial charge in [0.05, 0.1) is 5.52 Å². The molecular formula is C35H28N2OP+. The lowest BCUT2D eigenvalue weighted by molar-refractivity contribution is 0.112. The maximum atomic E-state index is 12.1. The van der Waals surface area contributed by atoms with Crippen LogP contribution < -0.4 is 21.2 Å². The normalized spacial score (nSPS) is 11.8. The predicted molar refractivity (Wildman–Crippen MR) is 167 cm³/mol. The molecule has 0 saturated carbocycles. The molecular weight excluding hydrogens is 495 g/mol. The van der Waals surface area contributed by atoms with Crippen LogP contribution in [0.1, 0.15) is 10.4 Å². The van der Waals surface area contributed by atoms with Gasteiger partial charge in [-0.3, -0.25) is 9.36 Å². The van der Waals surface area contributed by atoms with Crippen molar-refractivity contribution in [1.29, 1.82) is 0 Å². The Labute approximate surface area is 229 Å². The molecule has 0 fully saturated rings.